The number of hydrogen-bond donors (Lipinski definition) is 3. The average Bonchev–Trinajstić information content (AvgIpc) is 2.49. The first-order chi connectivity index (χ1) is 10.2. The van der Waals surface area contributed by atoms with Gasteiger partial charge in [0.15, 0.2) is 0 Å². The van der Waals surface area contributed by atoms with E-state index >= 15 is 0 Å². The molecule has 1 saturated carbocycles. The molecule has 110 valence electrons. The molecule has 5 nitrogen and oxygen atoms in total. The number of nitrogens with one attached hydrogen (secondary N) is 1. The topological polar surface area (TPSA) is 88.2 Å². The Kier molecular flexibility index (Phi) is 3.75. The molecule has 2 unspecified atom stereocenters. The van der Waals surface area contributed by atoms with Crippen LogP contribution in [-0.2, 0) is 0 Å². The lowest BCUT2D eigenvalue weighted by Gasteiger charge is -2.31. The van der Waals surface area contributed by atoms with E-state index in [0.717, 1.165) is 36.6 Å². The summed E-state index contributed by atoms with van der Waals surface area (Å²) in [5, 5.41) is 13.6. The van der Waals surface area contributed by atoms with Crippen molar-refractivity contribution >= 4 is 22.6 Å². The zero-order valence-electron chi connectivity index (χ0n) is 11.7. The summed E-state index contributed by atoms with van der Waals surface area (Å²) < 4.78 is 0. The third-order valence-electron chi connectivity index (χ3n) is 4.16. The Morgan fingerprint density at radius 2 is 2.05 bits per heavy atom. The highest BCUT2D eigenvalue weighted by atomic mass is 16.4. The Balaban J connectivity index is 2.05. The number of para-hydroxylation sites is 1. The Morgan fingerprint density at radius 1 is 1.29 bits per heavy atom. The van der Waals surface area contributed by atoms with Gasteiger partial charge in [-0.3, -0.25) is 4.98 Å². The molecular weight excluding hydrogens is 266 g/mol. The van der Waals surface area contributed by atoms with E-state index in [2.05, 4.69) is 10.3 Å². The third-order valence-corrected chi connectivity index (χ3v) is 4.16. The average molecular weight is 285 g/mol. The molecule has 0 bridgehead atoms. The van der Waals surface area contributed by atoms with Gasteiger partial charge in [-0.25, -0.2) is 4.79 Å². The normalized spacial score (nSPS) is 22.1. The number of benzene rings is 1. The molecule has 0 spiro atoms. The molecule has 1 aromatic carbocycles. The quantitative estimate of drug-likeness (QED) is 0.806. The highest BCUT2D eigenvalue weighted by Gasteiger charge is 2.24. The zero-order chi connectivity index (χ0) is 14.8. The predicted molar refractivity (Wildman–Crippen MR) is 82.6 cm³/mol. The lowest BCUT2D eigenvalue weighted by molar-refractivity contribution is 0.0697. The van der Waals surface area contributed by atoms with Gasteiger partial charge >= 0.3 is 5.97 Å². The largest absolute Gasteiger partial charge is 0.478 e. The van der Waals surface area contributed by atoms with E-state index in [1.54, 1.807) is 0 Å². The second-order valence-corrected chi connectivity index (χ2v) is 5.57. The number of aromatic carboxylic acids is 1. The number of rotatable bonds is 3. The summed E-state index contributed by atoms with van der Waals surface area (Å²) in [6, 6.07) is 7.74. The summed E-state index contributed by atoms with van der Waals surface area (Å²) in [5.41, 5.74) is 7.79. The molecule has 1 aliphatic carbocycles. The first-order valence-corrected chi connectivity index (χ1v) is 7.30. The molecule has 3 rings (SSSR count). The maximum atomic E-state index is 11.5. The summed E-state index contributed by atoms with van der Waals surface area (Å²) in [6.07, 6.45) is 5.63. The van der Waals surface area contributed by atoms with E-state index in [4.69, 9.17) is 5.73 Å². The number of anilines is 1. The molecule has 2 atom stereocenters. The van der Waals surface area contributed by atoms with Crippen LogP contribution in [0.25, 0.3) is 10.9 Å². The number of carboxylic acids is 1. The number of fused-ring (bicyclic) bond motifs is 1. The Bertz CT molecular complexity index is 672. The summed E-state index contributed by atoms with van der Waals surface area (Å²) in [6.45, 7) is 0. The molecule has 1 fully saturated rings. The van der Waals surface area contributed by atoms with E-state index < -0.39 is 5.97 Å². The Labute approximate surface area is 123 Å². The molecule has 0 amide bonds. The zero-order valence-corrected chi connectivity index (χ0v) is 11.7. The van der Waals surface area contributed by atoms with Gasteiger partial charge in [0.05, 0.1) is 11.2 Å². The van der Waals surface area contributed by atoms with Crippen molar-refractivity contribution < 1.29 is 9.90 Å². The number of carbonyl (C=O) groups is 1. The lowest BCUT2D eigenvalue weighted by atomic mass is 9.90. The van der Waals surface area contributed by atoms with Gasteiger partial charge in [-0.05, 0) is 18.9 Å². The van der Waals surface area contributed by atoms with Gasteiger partial charge in [0.25, 0.3) is 0 Å². The lowest BCUT2D eigenvalue weighted by Crippen LogP contribution is -2.42. The fraction of sp³-hybridized carbons (Fsp3) is 0.375. The van der Waals surface area contributed by atoms with E-state index in [1.807, 2.05) is 24.3 Å². The molecule has 1 aromatic heterocycles. The van der Waals surface area contributed by atoms with Crippen LogP contribution in [0.3, 0.4) is 0 Å². The van der Waals surface area contributed by atoms with Gasteiger partial charge in [0.2, 0.25) is 0 Å². The number of nitrogens with zero attached hydrogens (tertiary/aromatic N) is 1. The summed E-state index contributed by atoms with van der Waals surface area (Å²) in [7, 11) is 0. The molecule has 2 aromatic rings. The van der Waals surface area contributed by atoms with E-state index in [0.29, 0.717) is 5.69 Å². The van der Waals surface area contributed by atoms with E-state index in [1.165, 1.54) is 6.20 Å². The number of aromatic nitrogens is 1. The van der Waals surface area contributed by atoms with Gasteiger partial charge in [0.1, 0.15) is 5.56 Å². The van der Waals surface area contributed by atoms with Crippen molar-refractivity contribution in [1.82, 2.24) is 4.98 Å². The first kappa shape index (κ1) is 13.8. The van der Waals surface area contributed by atoms with Crippen LogP contribution in [-0.4, -0.2) is 28.1 Å². The molecular formula is C16H19N3O2. The minimum Gasteiger partial charge on any atom is -0.478 e. The molecule has 21 heavy (non-hydrogen) atoms. The molecule has 0 saturated heterocycles. The standard InChI is InChI=1S/C16H19N3O2/c17-12-6-2-4-8-14(12)19-15-10-5-1-3-7-13(10)18-9-11(15)16(20)21/h1,3,5,7,9,12,14H,2,4,6,8,17H2,(H,18,19)(H,20,21). The number of carboxylic acid groups (broad SMARTS) is 1. The highest BCUT2D eigenvalue weighted by molar-refractivity contribution is 6.04. The Morgan fingerprint density at radius 3 is 2.81 bits per heavy atom. The molecule has 5 heteroatoms. The van der Waals surface area contributed by atoms with Crippen molar-refractivity contribution in [1.29, 1.82) is 0 Å². The second kappa shape index (κ2) is 5.69. The predicted octanol–water partition coefficient (Wildman–Crippen LogP) is 2.61. The van der Waals surface area contributed by atoms with Crippen molar-refractivity contribution in [2.24, 2.45) is 5.73 Å². The maximum Gasteiger partial charge on any atom is 0.339 e. The summed E-state index contributed by atoms with van der Waals surface area (Å²) in [4.78, 5) is 15.7. The minimum atomic E-state index is -0.972. The van der Waals surface area contributed by atoms with Crippen molar-refractivity contribution in [3.63, 3.8) is 0 Å². The fourth-order valence-corrected chi connectivity index (χ4v) is 2.98. The smallest absolute Gasteiger partial charge is 0.339 e. The monoisotopic (exact) mass is 285 g/mol. The third kappa shape index (κ3) is 2.69. The van der Waals surface area contributed by atoms with Crippen LogP contribution in [0, 0.1) is 0 Å². The van der Waals surface area contributed by atoms with Crippen LogP contribution in [0.15, 0.2) is 30.5 Å². The molecule has 0 radical (unpaired) electrons. The van der Waals surface area contributed by atoms with Crippen molar-refractivity contribution in [3.8, 4) is 0 Å². The van der Waals surface area contributed by atoms with E-state index in [-0.39, 0.29) is 17.6 Å². The van der Waals surface area contributed by atoms with Gasteiger partial charge < -0.3 is 16.2 Å². The first-order valence-electron chi connectivity index (χ1n) is 7.30. The number of nitrogens with two attached hydrogens (primary N) is 1. The van der Waals surface area contributed by atoms with Crippen LogP contribution < -0.4 is 11.1 Å². The summed E-state index contributed by atoms with van der Waals surface area (Å²) in [5.74, 6) is -0.972. The van der Waals surface area contributed by atoms with Crippen LogP contribution in [0.1, 0.15) is 36.0 Å². The summed E-state index contributed by atoms with van der Waals surface area (Å²) >= 11 is 0. The van der Waals surface area contributed by atoms with Crippen LogP contribution in [0.4, 0.5) is 5.69 Å². The second-order valence-electron chi connectivity index (χ2n) is 5.57. The number of hydrogen-bond acceptors (Lipinski definition) is 4. The molecule has 1 heterocycles. The van der Waals surface area contributed by atoms with Crippen LogP contribution in [0.5, 0.6) is 0 Å². The highest BCUT2D eigenvalue weighted by Crippen LogP contribution is 2.29. The van der Waals surface area contributed by atoms with Gasteiger partial charge in [-0.2, -0.15) is 0 Å². The van der Waals surface area contributed by atoms with Gasteiger partial charge in [-0.1, -0.05) is 31.0 Å². The molecule has 0 aliphatic heterocycles. The number of pyridine rings is 1. The van der Waals surface area contributed by atoms with Crippen molar-refractivity contribution in [2.75, 3.05) is 5.32 Å². The van der Waals surface area contributed by atoms with E-state index in [9.17, 15) is 9.90 Å². The molecule has 1 aliphatic rings. The maximum absolute atomic E-state index is 11.5. The van der Waals surface area contributed by atoms with Crippen molar-refractivity contribution in [2.45, 2.75) is 37.8 Å². The molecule has 4 N–H and O–H groups in total. The minimum absolute atomic E-state index is 0.0623. The fourth-order valence-electron chi connectivity index (χ4n) is 2.98. The van der Waals surface area contributed by atoms with Crippen LogP contribution in [0.2, 0.25) is 0 Å². The SMILES string of the molecule is NC1CCCCC1Nc1c(C(=O)O)cnc2ccccc12. The van der Waals surface area contributed by atoms with Crippen molar-refractivity contribution in [3.05, 3.63) is 36.0 Å². The van der Waals surface area contributed by atoms with Gasteiger partial charge in [0, 0.05) is 23.7 Å². The Hall–Kier alpha value is -2.14. The van der Waals surface area contributed by atoms with Gasteiger partial charge in [-0.15, -0.1) is 0 Å². The van der Waals surface area contributed by atoms with Crippen LogP contribution >= 0.6 is 0 Å².